The van der Waals surface area contributed by atoms with E-state index < -0.39 is 23.8 Å². The van der Waals surface area contributed by atoms with Crippen LogP contribution in [-0.4, -0.2) is 51.9 Å². The number of hydrogen-bond donors (Lipinski definition) is 4. The molecule has 0 bridgehead atoms. The highest BCUT2D eigenvalue weighted by atomic mass is 32.2. The molecule has 2 atom stereocenters. The maximum Gasteiger partial charge on any atom is 0.303 e. The summed E-state index contributed by atoms with van der Waals surface area (Å²) in [6.45, 7) is 11.7. The minimum absolute atomic E-state index is 0.0828. The smallest absolute Gasteiger partial charge is 0.303 e. The standard InChI is InChI=1S/C29H39N3O5S2/c1-6-13-29(5,7-2)38-18-26(34)30-17-25(33)32-24(11-12-27(35)36)28(37)31-22-10-8-9-21(15-22)16-23-14-19(3)20(4)39-23/h6,8-10,14-15,24H,1,7,11-13,16-18H2,2-5H3,(H,30,34)(H,31,37)(H,32,33)(H,35,36)/t24-,29?/m0/s1. The number of rotatable bonds is 16. The third-order valence-electron chi connectivity index (χ3n) is 6.41. The molecule has 0 saturated heterocycles. The summed E-state index contributed by atoms with van der Waals surface area (Å²) in [5.41, 5.74) is 2.83. The molecule has 1 aromatic heterocycles. The van der Waals surface area contributed by atoms with Gasteiger partial charge >= 0.3 is 5.97 Å². The van der Waals surface area contributed by atoms with Crippen molar-refractivity contribution in [3.05, 3.63) is 63.9 Å². The molecule has 1 heterocycles. The van der Waals surface area contributed by atoms with Gasteiger partial charge in [-0.15, -0.1) is 29.7 Å². The largest absolute Gasteiger partial charge is 0.481 e. The number of allylic oxidation sites excluding steroid dienone is 1. The number of carbonyl (C=O) groups is 4. The van der Waals surface area contributed by atoms with E-state index in [1.807, 2.05) is 31.2 Å². The molecule has 10 heteroatoms. The lowest BCUT2D eigenvalue weighted by molar-refractivity contribution is -0.137. The Morgan fingerprint density at radius 2 is 1.92 bits per heavy atom. The molecule has 0 spiro atoms. The maximum absolute atomic E-state index is 13.0. The van der Waals surface area contributed by atoms with Gasteiger partial charge in [0.2, 0.25) is 17.7 Å². The first-order valence-electron chi connectivity index (χ1n) is 12.9. The first-order chi connectivity index (χ1) is 18.4. The predicted molar refractivity (Wildman–Crippen MR) is 159 cm³/mol. The molecule has 0 aliphatic rings. The SMILES string of the molecule is C=CCC(C)(CC)SCC(=O)NCC(=O)N[C@@H](CCC(=O)O)C(=O)Nc1cccc(Cc2cc(C)c(C)s2)c1. The number of benzene rings is 1. The predicted octanol–water partition coefficient (Wildman–Crippen LogP) is 4.84. The van der Waals surface area contributed by atoms with Gasteiger partial charge in [0.05, 0.1) is 12.3 Å². The molecule has 0 aliphatic carbocycles. The minimum Gasteiger partial charge on any atom is -0.481 e. The summed E-state index contributed by atoms with van der Waals surface area (Å²) in [6, 6.07) is 8.52. The van der Waals surface area contributed by atoms with Crippen LogP contribution in [-0.2, 0) is 25.6 Å². The van der Waals surface area contributed by atoms with Gasteiger partial charge in [-0.25, -0.2) is 0 Å². The Morgan fingerprint density at radius 3 is 2.54 bits per heavy atom. The summed E-state index contributed by atoms with van der Waals surface area (Å²) in [6.07, 6.45) is 3.81. The van der Waals surface area contributed by atoms with E-state index in [1.165, 1.54) is 27.1 Å². The number of aliphatic carboxylic acids is 1. The molecule has 0 aliphatic heterocycles. The number of anilines is 1. The average Bonchev–Trinajstić information content (AvgIpc) is 3.20. The summed E-state index contributed by atoms with van der Waals surface area (Å²) in [4.78, 5) is 51.5. The van der Waals surface area contributed by atoms with E-state index in [-0.39, 0.29) is 35.8 Å². The van der Waals surface area contributed by atoms with Crippen molar-refractivity contribution < 1.29 is 24.3 Å². The van der Waals surface area contributed by atoms with E-state index in [0.29, 0.717) is 5.69 Å². The Morgan fingerprint density at radius 1 is 1.18 bits per heavy atom. The van der Waals surface area contributed by atoms with E-state index in [0.717, 1.165) is 24.8 Å². The molecular weight excluding hydrogens is 534 g/mol. The number of aryl methyl sites for hydroxylation is 2. The fourth-order valence-electron chi connectivity index (χ4n) is 3.79. The van der Waals surface area contributed by atoms with Gasteiger partial charge in [-0.05, 0) is 62.4 Å². The molecule has 1 aromatic carbocycles. The lowest BCUT2D eigenvalue weighted by Crippen LogP contribution is -2.48. The van der Waals surface area contributed by atoms with Crippen LogP contribution in [0.2, 0.25) is 0 Å². The van der Waals surface area contributed by atoms with Crippen LogP contribution in [0.5, 0.6) is 0 Å². The second kappa shape index (κ2) is 15.5. The zero-order valence-electron chi connectivity index (χ0n) is 23.1. The highest BCUT2D eigenvalue weighted by molar-refractivity contribution is 8.01. The Bertz CT molecular complexity index is 1160. The van der Waals surface area contributed by atoms with Gasteiger partial charge in [0.1, 0.15) is 6.04 Å². The number of carbonyl (C=O) groups excluding carboxylic acids is 3. The molecule has 0 saturated carbocycles. The van der Waals surface area contributed by atoms with Crippen molar-refractivity contribution in [2.24, 2.45) is 0 Å². The highest BCUT2D eigenvalue weighted by Crippen LogP contribution is 2.32. The van der Waals surface area contributed by atoms with E-state index in [2.05, 4.69) is 49.4 Å². The number of hydrogen-bond acceptors (Lipinski definition) is 6. The van der Waals surface area contributed by atoms with Gasteiger partial charge in [-0.2, -0.15) is 0 Å². The Kier molecular flexibility index (Phi) is 12.7. The first kappa shape index (κ1) is 32.1. The van der Waals surface area contributed by atoms with Crippen LogP contribution in [0.1, 0.15) is 60.4 Å². The van der Waals surface area contributed by atoms with Crippen molar-refractivity contribution in [2.75, 3.05) is 17.6 Å². The normalized spacial score (nSPS) is 13.1. The van der Waals surface area contributed by atoms with Crippen LogP contribution in [0, 0.1) is 13.8 Å². The highest BCUT2D eigenvalue weighted by Gasteiger charge is 2.24. The Labute approximate surface area is 239 Å². The molecular formula is C29H39N3O5S2. The fraction of sp³-hybridized carbons (Fsp3) is 0.448. The van der Waals surface area contributed by atoms with Crippen LogP contribution in [0.4, 0.5) is 5.69 Å². The van der Waals surface area contributed by atoms with Crippen LogP contribution in [0.3, 0.4) is 0 Å². The molecule has 3 amide bonds. The zero-order valence-corrected chi connectivity index (χ0v) is 24.7. The van der Waals surface area contributed by atoms with Gasteiger partial charge in [-0.1, -0.05) is 32.1 Å². The summed E-state index contributed by atoms with van der Waals surface area (Å²) < 4.78 is -0.111. The van der Waals surface area contributed by atoms with Gasteiger partial charge < -0.3 is 21.1 Å². The van der Waals surface area contributed by atoms with Crippen LogP contribution >= 0.6 is 23.1 Å². The van der Waals surface area contributed by atoms with E-state index in [4.69, 9.17) is 5.11 Å². The lowest BCUT2D eigenvalue weighted by atomic mass is 10.0. The molecule has 8 nitrogen and oxygen atoms in total. The van der Waals surface area contributed by atoms with Crippen molar-refractivity contribution in [1.82, 2.24) is 10.6 Å². The van der Waals surface area contributed by atoms with Crippen LogP contribution in [0.15, 0.2) is 43.0 Å². The Hall–Kier alpha value is -3.11. The molecule has 0 fully saturated rings. The van der Waals surface area contributed by atoms with Crippen molar-refractivity contribution >= 4 is 52.5 Å². The molecule has 2 aromatic rings. The first-order valence-corrected chi connectivity index (χ1v) is 14.7. The van der Waals surface area contributed by atoms with Gasteiger partial charge in [-0.3, -0.25) is 19.2 Å². The monoisotopic (exact) mass is 573 g/mol. The van der Waals surface area contributed by atoms with Crippen molar-refractivity contribution in [3.63, 3.8) is 0 Å². The van der Waals surface area contributed by atoms with Crippen molar-refractivity contribution in [1.29, 1.82) is 0 Å². The average molecular weight is 574 g/mol. The van der Waals surface area contributed by atoms with Gasteiger partial charge in [0, 0.05) is 33.0 Å². The fourth-order valence-corrected chi connectivity index (χ4v) is 5.90. The minimum atomic E-state index is -1.07. The number of carboxylic acids is 1. The lowest BCUT2D eigenvalue weighted by Gasteiger charge is -2.25. The summed E-state index contributed by atoms with van der Waals surface area (Å²) in [5.74, 6) is -2.27. The summed E-state index contributed by atoms with van der Waals surface area (Å²) in [5, 5.41) is 17.0. The second-order valence-electron chi connectivity index (χ2n) is 9.73. The number of nitrogens with one attached hydrogen (secondary N) is 3. The molecule has 4 N–H and O–H groups in total. The van der Waals surface area contributed by atoms with E-state index >= 15 is 0 Å². The maximum atomic E-state index is 13.0. The molecule has 1 unspecified atom stereocenters. The number of amides is 3. The second-order valence-corrected chi connectivity index (χ2v) is 12.6. The number of carboxylic acid groups (broad SMARTS) is 1. The van der Waals surface area contributed by atoms with Crippen molar-refractivity contribution in [3.8, 4) is 0 Å². The van der Waals surface area contributed by atoms with Crippen LogP contribution in [0.25, 0.3) is 0 Å². The third-order valence-corrected chi connectivity index (χ3v) is 9.12. The van der Waals surface area contributed by atoms with Crippen LogP contribution < -0.4 is 16.0 Å². The topological polar surface area (TPSA) is 125 Å². The van der Waals surface area contributed by atoms with Gasteiger partial charge in [0.25, 0.3) is 0 Å². The zero-order chi connectivity index (χ0) is 29.0. The summed E-state index contributed by atoms with van der Waals surface area (Å²) in [7, 11) is 0. The third kappa shape index (κ3) is 11.3. The summed E-state index contributed by atoms with van der Waals surface area (Å²) >= 11 is 3.24. The number of thiophene rings is 1. The number of thioether (sulfide) groups is 1. The van der Waals surface area contributed by atoms with E-state index in [1.54, 1.807) is 17.4 Å². The molecule has 212 valence electrons. The molecule has 39 heavy (non-hydrogen) atoms. The van der Waals surface area contributed by atoms with Crippen molar-refractivity contribution in [2.45, 2.75) is 70.6 Å². The Balaban J connectivity index is 1.96. The van der Waals surface area contributed by atoms with E-state index in [9.17, 15) is 19.2 Å². The van der Waals surface area contributed by atoms with Gasteiger partial charge in [0.15, 0.2) is 0 Å². The quantitative estimate of drug-likeness (QED) is 0.213. The molecule has 2 rings (SSSR count). The molecule has 0 radical (unpaired) electrons.